The van der Waals surface area contributed by atoms with Crippen molar-refractivity contribution in [2.24, 2.45) is 11.7 Å². The summed E-state index contributed by atoms with van der Waals surface area (Å²) in [6.45, 7) is 7.02. The van der Waals surface area contributed by atoms with E-state index >= 15 is 0 Å². The van der Waals surface area contributed by atoms with Gasteiger partial charge in [-0.1, -0.05) is 13.8 Å². The molecule has 0 fully saturated rings. The Morgan fingerprint density at radius 3 is 2.28 bits per heavy atom. The molecule has 0 aromatic carbocycles. The molecule has 0 rings (SSSR count). The molecule has 106 valence electrons. The minimum absolute atomic E-state index is 0.000571. The summed E-state index contributed by atoms with van der Waals surface area (Å²) in [7, 11) is 0. The van der Waals surface area contributed by atoms with Gasteiger partial charge in [0.2, 0.25) is 5.91 Å². The maximum Gasteiger partial charge on any atom is 0.236 e. The summed E-state index contributed by atoms with van der Waals surface area (Å²) in [5, 5.41) is 2.62. The summed E-state index contributed by atoms with van der Waals surface area (Å²) in [5.41, 5.74) is 5.36. The average molecular weight is 260 g/mol. The lowest BCUT2D eigenvalue weighted by molar-refractivity contribution is -0.127. The van der Waals surface area contributed by atoms with Gasteiger partial charge in [-0.2, -0.15) is 0 Å². The summed E-state index contributed by atoms with van der Waals surface area (Å²) >= 11 is 0. The Morgan fingerprint density at radius 1 is 1.11 bits per heavy atom. The van der Waals surface area contributed by atoms with E-state index in [-0.39, 0.29) is 24.2 Å². The molecule has 0 heterocycles. The van der Waals surface area contributed by atoms with Gasteiger partial charge in [-0.15, -0.1) is 0 Å². The predicted octanol–water partition coefficient (Wildman–Crippen LogP) is -0.292. The van der Waals surface area contributed by atoms with E-state index in [0.717, 1.165) is 0 Å². The molecular weight excluding hydrogens is 236 g/mol. The summed E-state index contributed by atoms with van der Waals surface area (Å²) in [6.07, 6.45) is 0. The largest absolute Gasteiger partial charge is 0.377 e. The molecule has 0 aliphatic heterocycles. The van der Waals surface area contributed by atoms with Crippen molar-refractivity contribution in [1.82, 2.24) is 5.32 Å². The predicted molar refractivity (Wildman–Crippen MR) is 68.1 cm³/mol. The van der Waals surface area contributed by atoms with Gasteiger partial charge in [-0.05, 0) is 6.92 Å². The minimum Gasteiger partial charge on any atom is -0.377 e. The lowest BCUT2D eigenvalue weighted by atomic mass is 10.1. The number of ether oxygens (including phenoxy) is 2. The summed E-state index contributed by atoms with van der Waals surface area (Å²) in [6, 6.07) is -0.504. The fourth-order valence-electron chi connectivity index (χ4n) is 0.967. The second-order valence-corrected chi connectivity index (χ2v) is 4.37. The van der Waals surface area contributed by atoms with Crippen LogP contribution in [0.3, 0.4) is 0 Å². The van der Waals surface area contributed by atoms with Crippen molar-refractivity contribution in [3.05, 3.63) is 0 Å². The van der Waals surface area contributed by atoms with Crippen molar-refractivity contribution in [3.63, 3.8) is 0 Å². The van der Waals surface area contributed by atoms with Gasteiger partial charge in [0.25, 0.3) is 0 Å². The monoisotopic (exact) mass is 260 g/mol. The fraction of sp³-hybridized carbons (Fsp3) is 0.833. The molecule has 0 aromatic heterocycles. The molecule has 0 radical (unpaired) electrons. The molecule has 0 saturated heterocycles. The van der Waals surface area contributed by atoms with Gasteiger partial charge in [0.1, 0.15) is 6.61 Å². The highest BCUT2D eigenvalue weighted by atomic mass is 16.5. The van der Waals surface area contributed by atoms with E-state index in [2.05, 4.69) is 5.32 Å². The van der Waals surface area contributed by atoms with Gasteiger partial charge in [-0.25, -0.2) is 0 Å². The molecule has 0 aromatic rings. The van der Waals surface area contributed by atoms with Crippen LogP contribution in [0.5, 0.6) is 0 Å². The smallest absolute Gasteiger partial charge is 0.236 e. The molecule has 1 unspecified atom stereocenters. The standard InChI is InChI=1S/C12H24N2O4/c1-9(2)11(15)8-18-7-6-17-5-4-14-12(16)10(3)13/h9-10H,4-8,13H2,1-3H3,(H,14,16). The number of rotatable bonds is 10. The van der Waals surface area contributed by atoms with Crippen LogP contribution in [0.1, 0.15) is 20.8 Å². The summed E-state index contributed by atoms with van der Waals surface area (Å²) in [5.74, 6) is -0.115. The van der Waals surface area contributed by atoms with Crippen LogP contribution in [0.2, 0.25) is 0 Å². The first-order chi connectivity index (χ1) is 8.45. The van der Waals surface area contributed by atoms with Gasteiger partial charge in [-0.3, -0.25) is 9.59 Å². The van der Waals surface area contributed by atoms with Crippen molar-refractivity contribution >= 4 is 11.7 Å². The van der Waals surface area contributed by atoms with E-state index in [4.69, 9.17) is 15.2 Å². The minimum atomic E-state index is -0.504. The number of Topliss-reactive ketones (excluding diaryl/α,β-unsaturated/α-hetero) is 1. The maximum atomic E-state index is 11.2. The third-order valence-corrected chi connectivity index (χ3v) is 2.22. The molecule has 18 heavy (non-hydrogen) atoms. The average Bonchev–Trinajstić information content (AvgIpc) is 2.31. The van der Waals surface area contributed by atoms with Crippen LogP contribution in [-0.2, 0) is 19.1 Å². The highest BCUT2D eigenvalue weighted by Crippen LogP contribution is 1.94. The van der Waals surface area contributed by atoms with Gasteiger partial charge in [0, 0.05) is 12.5 Å². The molecule has 3 N–H and O–H groups in total. The second kappa shape index (κ2) is 9.99. The number of ketones is 1. The van der Waals surface area contributed by atoms with Crippen LogP contribution in [-0.4, -0.2) is 50.7 Å². The molecule has 6 heteroatoms. The molecule has 0 bridgehead atoms. The van der Waals surface area contributed by atoms with E-state index in [0.29, 0.717) is 26.4 Å². The molecule has 1 amide bonds. The van der Waals surface area contributed by atoms with Crippen molar-refractivity contribution in [2.45, 2.75) is 26.8 Å². The quantitative estimate of drug-likeness (QED) is 0.527. The highest BCUT2D eigenvalue weighted by Gasteiger charge is 2.06. The molecule has 6 nitrogen and oxygen atoms in total. The van der Waals surface area contributed by atoms with Crippen LogP contribution in [0.25, 0.3) is 0 Å². The molecule has 0 aliphatic rings. The highest BCUT2D eigenvalue weighted by molar-refractivity contribution is 5.81. The van der Waals surface area contributed by atoms with Crippen molar-refractivity contribution in [3.8, 4) is 0 Å². The number of amides is 1. The third-order valence-electron chi connectivity index (χ3n) is 2.22. The summed E-state index contributed by atoms with van der Waals surface area (Å²) in [4.78, 5) is 22.3. The number of carbonyl (C=O) groups is 2. The lowest BCUT2D eigenvalue weighted by Crippen LogP contribution is -2.39. The van der Waals surface area contributed by atoms with Crippen molar-refractivity contribution in [2.75, 3.05) is 33.0 Å². The SMILES string of the molecule is CC(C)C(=O)COCCOCCNC(=O)C(C)N. The Kier molecular flexibility index (Phi) is 9.45. The first-order valence-corrected chi connectivity index (χ1v) is 6.16. The normalized spacial score (nSPS) is 12.5. The Bertz CT molecular complexity index is 228. The number of hydrogen-bond acceptors (Lipinski definition) is 5. The van der Waals surface area contributed by atoms with Crippen LogP contribution in [0.4, 0.5) is 0 Å². The Balaban J connectivity index is 3.27. The number of nitrogens with one attached hydrogen (secondary N) is 1. The zero-order valence-electron chi connectivity index (χ0n) is 11.4. The topological polar surface area (TPSA) is 90.6 Å². The van der Waals surface area contributed by atoms with Crippen LogP contribution in [0.15, 0.2) is 0 Å². The van der Waals surface area contributed by atoms with Gasteiger partial charge in [0.15, 0.2) is 5.78 Å². The zero-order valence-corrected chi connectivity index (χ0v) is 11.4. The molecule has 0 saturated carbocycles. The van der Waals surface area contributed by atoms with Crippen LogP contribution in [0, 0.1) is 5.92 Å². The molecule has 0 spiro atoms. The second-order valence-electron chi connectivity index (χ2n) is 4.37. The number of carbonyl (C=O) groups excluding carboxylic acids is 2. The van der Waals surface area contributed by atoms with Crippen molar-refractivity contribution in [1.29, 1.82) is 0 Å². The molecule has 1 atom stereocenters. The number of hydrogen-bond donors (Lipinski definition) is 2. The molecular formula is C12H24N2O4. The Labute approximate surface area is 108 Å². The third kappa shape index (κ3) is 9.09. The van der Waals surface area contributed by atoms with Crippen molar-refractivity contribution < 1.29 is 19.1 Å². The van der Waals surface area contributed by atoms with E-state index < -0.39 is 6.04 Å². The summed E-state index contributed by atoms with van der Waals surface area (Å²) < 4.78 is 10.4. The van der Waals surface area contributed by atoms with Gasteiger partial charge >= 0.3 is 0 Å². The van der Waals surface area contributed by atoms with E-state index in [1.807, 2.05) is 13.8 Å². The Morgan fingerprint density at radius 2 is 1.72 bits per heavy atom. The zero-order chi connectivity index (χ0) is 14.0. The maximum absolute atomic E-state index is 11.2. The van der Waals surface area contributed by atoms with E-state index in [1.165, 1.54) is 0 Å². The van der Waals surface area contributed by atoms with Crippen LogP contribution >= 0.6 is 0 Å². The van der Waals surface area contributed by atoms with Crippen LogP contribution < -0.4 is 11.1 Å². The fourth-order valence-corrected chi connectivity index (χ4v) is 0.967. The first kappa shape index (κ1) is 17.0. The lowest BCUT2D eigenvalue weighted by Gasteiger charge is -2.09. The Hall–Kier alpha value is -0.980. The van der Waals surface area contributed by atoms with Gasteiger partial charge < -0.3 is 20.5 Å². The van der Waals surface area contributed by atoms with E-state index in [1.54, 1.807) is 6.92 Å². The van der Waals surface area contributed by atoms with E-state index in [9.17, 15) is 9.59 Å². The van der Waals surface area contributed by atoms with Gasteiger partial charge in [0.05, 0.1) is 25.9 Å². The first-order valence-electron chi connectivity index (χ1n) is 6.16. The molecule has 0 aliphatic carbocycles. The number of nitrogens with two attached hydrogens (primary N) is 1.